The lowest BCUT2D eigenvalue weighted by Gasteiger charge is -2.17. The number of carbonyl (C=O) groups excluding carboxylic acids is 1. The minimum Gasteiger partial charge on any atom is -0.494 e. The molecular weight excluding hydrogens is 456 g/mol. The number of nitrogens with two attached hydrogens (primary N) is 1. The number of nitrogens with zero attached hydrogens (tertiary/aromatic N) is 2. The first-order valence-corrected chi connectivity index (χ1v) is 12.0. The average Bonchev–Trinajstić information content (AvgIpc) is 3.15. The van der Waals surface area contributed by atoms with E-state index in [1.807, 2.05) is 17.4 Å². The van der Waals surface area contributed by atoms with Crippen LogP contribution in [-0.2, 0) is 17.6 Å². The number of amides is 1. The lowest BCUT2D eigenvalue weighted by atomic mass is 9.94. The molecule has 1 amide bonds. The zero-order chi connectivity index (χ0) is 24.5. The van der Waals surface area contributed by atoms with E-state index in [-0.39, 0.29) is 12.6 Å². The number of anilines is 2. The van der Waals surface area contributed by atoms with Crippen LogP contribution in [0.25, 0.3) is 0 Å². The summed E-state index contributed by atoms with van der Waals surface area (Å²) in [5.41, 5.74) is 9.92. The molecule has 1 heterocycles. The molecule has 1 aromatic carbocycles. The van der Waals surface area contributed by atoms with Crippen molar-refractivity contribution < 1.29 is 14.6 Å². The highest BCUT2D eigenvalue weighted by Crippen LogP contribution is 2.36. The maximum absolute atomic E-state index is 9.92. The summed E-state index contributed by atoms with van der Waals surface area (Å²) in [4.78, 5) is 19.3. The van der Waals surface area contributed by atoms with Crippen LogP contribution in [0, 0.1) is 6.92 Å². The number of aryl methyl sites for hydroxylation is 2. The van der Waals surface area contributed by atoms with E-state index in [9.17, 15) is 4.79 Å². The molecule has 0 aliphatic heterocycles. The molecule has 1 aromatic heterocycles. The van der Waals surface area contributed by atoms with Crippen LogP contribution < -0.4 is 15.8 Å². The molecule has 1 aliphatic carbocycles. The number of fused-ring (bicyclic) bond motifs is 1. The topological polar surface area (TPSA) is 100 Å². The normalized spacial score (nSPS) is 13.8. The van der Waals surface area contributed by atoms with Crippen LogP contribution in [0.2, 0.25) is 0 Å². The SMILES string of the molecule is C=CN=C(Nc1cc(S)c(N)cc1OC)c1c(C)sc2c1CCCC2.CC(CO)N(C)C=O. The number of ether oxygens (including phenoxy) is 1. The van der Waals surface area contributed by atoms with Gasteiger partial charge in [0.25, 0.3) is 0 Å². The Bertz CT molecular complexity index is 1000. The Labute approximate surface area is 205 Å². The van der Waals surface area contributed by atoms with Crippen molar-refractivity contribution in [3.8, 4) is 5.75 Å². The number of nitrogens with one attached hydrogen (secondary N) is 1. The van der Waals surface area contributed by atoms with E-state index in [2.05, 4.69) is 36.4 Å². The Balaban J connectivity index is 0.000000414. The number of thiophene rings is 1. The van der Waals surface area contributed by atoms with Crippen LogP contribution in [0.1, 0.15) is 40.6 Å². The van der Waals surface area contributed by atoms with Gasteiger partial charge < -0.3 is 25.8 Å². The first-order chi connectivity index (χ1) is 15.8. The van der Waals surface area contributed by atoms with Crippen LogP contribution >= 0.6 is 24.0 Å². The Morgan fingerprint density at radius 2 is 2.15 bits per heavy atom. The lowest BCUT2D eigenvalue weighted by Crippen LogP contribution is -2.30. The molecule has 1 atom stereocenters. The van der Waals surface area contributed by atoms with Crippen LogP contribution in [0.15, 0.2) is 34.8 Å². The Kier molecular flexibility index (Phi) is 10.3. The Morgan fingerprint density at radius 3 is 2.73 bits per heavy atom. The number of hydrogen-bond acceptors (Lipinski definition) is 7. The average molecular weight is 491 g/mol. The molecule has 2 aromatic rings. The summed E-state index contributed by atoms with van der Waals surface area (Å²) in [6.07, 6.45) is 7.02. The van der Waals surface area contributed by atoms with Crippen molar-refractivity contribution in [3.05, 3.63) is 45.8 Å². The van der Waals surface area contributed by atoms with E-state index < -0.39 is 0 Å². The smallest absolute Gasteiger partial charge is 0.209 e. The predicted molar refractivity (Wildman–Crippen MR) is 141 cm³/mol. The van der Waals surface area contributed by atoms with Crippen molar-refractivity contribution >= 4 is 47.6 Å². The molecule has 9 heteroatoms. The molecule has 0 saturated heterocycles. The number of methoxy groups -OCH3 is 1. The summed E-state index contributed by atoms with van der Waals surface area (Å²) in [6.45, 7) is 7.73. The van der Waals surface area contributed by atoms with Gasteiger partial charge in [-0.05, 0) is 51.2 Å². The Hall–Kier alpha value is -2.49. The lowest BCUT2D eigenvalue weighted by molar-refractivity contribution is -0.119. The third-order valence-electron chi connectivity index (χ3n) is 5.53. The molecule has 0 fully saturated rings. The highest BCUT2D eigenvalue weighted by Gasteiger charge is 2.23. The molecule has 0 radical (unpaired) electrons. The van der Waals surface area contributed by atoms with E-state index >= 15 is 0 Å². The van der Waals surface area contributed by atoms with Crippen LogP contribution in [0.5, 0.6) is 5.75 Å². The Morgan fingerprint density at radius 1 is 1.45 bits per heavy atom. The fraction of sp³-hybridized carbons (Fsp3) is 0.417. The van der Waals surface area contributed by atoms with E-state index in [0.29, 0.717) is 22.7 Å². The number of aliphatic hydroxyl groups excluding tert-OH is 1. The van der Waals surface area contributed by atoms with E-state index in [1.165, 1.54) is 38.6 Å². The van der Waals surface area contributed by atoms with Gasteiger partial charge in [-0.1, -0.05) is 6.58 Å². The van der Waals surface area contributed by atoms with Crippen molar-refractivity contribution in [2.24, 2.45) is 4.99 Å². The second-order valence-corrected chi connectivity index (χ2v) is 9.63. The molecule has 33 heavy (non-hydrogen) atoms. The quantitative estimate of drug-likeness (QED) is 0.153. The highest BCUT2D eigenvalue weighted by molar-refractivity contribution is 7.80. The van der Waals surface area contributed by atoms with Gasteiger partial charge in [-0.15, -0.1) is 24.0 Å². The largest absolute Gasteiger partial charge is 0.494 e. The summed E-state index contributed by atoms with van der Waals surface area (Å²) in [5, 5.41) is 11.9. The number of thiol groups is 1. The molecule has 0 bridgehead atoms. The van der Waals surface area contributed by atoms with Gasteiger partial charge in [0, 0.05) is 45.2 Å². The molecule has 3 rings (SSSR count). The first-order valence-electron chi connectivity index (χ1n) is 10.8. The number of nitrogen functional groups attached to an aromatic ring is 1. The molecule has 4 N–H and O–H groups in total. The minimum atomic E-state index is -0.0625. The van der Waals surface area contributed by atoms with Crippen LogP contribution in [0.4, 0.5) is 11.4 Å². The number of carbonyl (C=O) groups is 1. The summed E-state index contributed by atoms with van der Waals surface area (Å²) >= 11 is 6.30. The number of aliphatic imine (C=N–C) groups is 1. The molecule has 1 aliphatic rings. The molecule has 180 valence electrons. The fourth-order valence-corrected chi connectivity index (χ4v) is 4.93. The predicted octanol–water partition coefficient (Wildman–Crippen LogP) is 4.27. The van der Waals surface area contributed by atoms with Gasteiger partial charge in [0.05, 0.1) is 25.4 Å². The molecule has 1 unspecified atom stereocenters. The maximum Gasteiger partial charge on any atom is 0.209 e. The van der Waals surface area contributed by atoms with Gasteiger partial charge in [0.1, 0.15) is 11.6 Å². The van der Waals surface area contributed by atoms with Crippen molar-refractivity contribution in [2.75, 3.05) is 31.8 Å². The van der Waals surface area contributed by atoms with Gasteiger partial charge in [-0.25, -0.2) is 4.99 Å². The standard InChI is InChI=1S/C19H23N3OS2.C5H11NO2/c1-4-21-19(18-11(2)25-17-8-6-5-7-12(17)18)22-14-10-16(24)13(20)9-15(14)23-3;1-5(3-7)6(2)4-8/h4,9-10,24H,1,5-8,20H2,2-3H3,(H,21,22);4-5,7H,3H2,1-2H3. The minimum absolute atomic E-state index is 0.0231. The number of rotatable bonds is 7. The zero-order valence-corrected chi connectivity index (χ0v) is 21.4. The zero-order valence-electron chi connectivity index (χ0n) is 19.7. The summed E-state index contributed by atoms with van der Waals surface area (Å²) in [7, 11) is 3.26. The van der Waals surface area contributed by atoms with E-state index in [1.54, 1.807) is 33.3 Å². The van der Waals surface area contributed by atoms with Gasteiger partial charge >= 0.3 is 0 Å². The van der Waals surface area contributed by atoms with Crippen LogP contribution in [-0.4, -0.2) is 49.1 Å². The van der Waals surface area contributed by atoms with Crippen LogP contribution in [0.3, 0.4) is 0 Å². The van der Waals surface area contributed by atoms with Crippen molar-refractivity contribution in [2.45, 2.75) is 50.5 Å². The highest BCUT2D eigenvalue weighted by atomic mass is 32.1. The maximum atomic E-state index is 9.92. The number of likely N-dealkylation sites (N-methyl/N-ethyl adjacent to an activating group) is 1. The number of aliphatic hydroxyl groups is 1. The van der Waals surface area contributed by atoms with E-state index in [4.69, 9.17) is 15.6 Å². The molecule has 0 spiro atoms. The molecular formula is C24H34N4O3S2. The molecule has 0 saturated carbocycles. The third kappa shape index (κ3) is 6.75. The summed E-state index contributed by atoms with van der Waals surface area (Å²) in [6, 6.07) is 3.57. The van der Waals surface area contributed by atoms with Gasteiger partial charge in [-0.2, -0.15) is 0 Å². The number of hydrogen-bond donors (Lipinski definition) is 4. The number of benzene rings is 1. The van der Waals surface area contributed by atoms with Gasteiger partial charge in [-0.3, -0.25) is 4.79 Å². The van der Waals surface area contributed by atoms with Crippen molar-refractivity contribution in [1.82, 2.24) is 4.90 Å². The second-order valence-electron chi connectivity index (χ2n) is 7.84. The first kappa shape index (κ1) is 26.8. The van der Waals surface area contributed by atoms with Gasteiger partial charge in [0.15, 0.2) is 0 Å². The van der Waals surface area contributed by atoms with Crippen molar-refractivity contribution in [1.29, 1.82) is 0 Å². The second kappa shape index (κ2) is 12.7. The van der Waals surface area contributed by atoms with Gasteiger partial charge in [0.2, 0.25) is 6.41 Å². The summed E-state index contributed by atoms with van der Waals surface area (Å²) in [5.74, 6) is 1.46. The molecule has 7 nitrogen and oxygen atoms in total. The van der Waals surface area contributed by atoms with E-state index in [0.717, 1.165) is 24.4 Å². The summed E-state index contributed by atoms with van der Waals surface area (Å²) < 4.78 is 5.47. The monoisotopic (exact) mass is 490 g/mol. The fourth-order valence-electron chi connectivity index (χ4n) is 3.47. The number of amidine groups is 1. The van der Waals surface area contributed by atoms with Crippen molar-refractivity contribution in [3.63, 3.8) is 0 Å². The third-order valence-corrected chi connectivity index (χ3v) is 7.13.